The highest BCUT2D eigenvalue weighted by atomic mass is 19.4. The van der Waals surface area contributed by atoms with Gasteiger partial charge in [0.15, 0.2) is 0 Å². The minimum atomic E-state index is -5.08. The predicted molar refractivity (Wildman–Crippen MR) is 128 cm³/mol. The van der Waals surface area contributed by atoms with Crippen LogP contribution < -0.4 is 10.2 Å². The highest BCUT2D eigenvalue weighted by Gasteiger charge is 2.38. The molecule has 0 spiro atoms. The summed E-state index contributed by atoms with van der Waals surface area (Å²) < 4.78 is 31.7. The number of hydrogen-bond acceptors (Lipinski definition) is 5. The third kappa shape index (κ3) is 9.29. The minimum absolute atomic E-state index is 0.0449. The summed E-state index contributed by atoms with van der Waals surface area (Å²) >= 11 is 0. The molecule has 8 nitrogen and oxygen atoms in total. The van der Waals surface area contributed by atoms with Crippen molar-refractivity contribution in [2.45, 2.75) is 64.7 Å². The van der Waals surface area contributed by atoms with Gasteiger partial charge in [0.1, 0.15) is 12.6 Å². The molecule has 1 aromatic carbocycles. The SMILES string of the molecule is CC(C)(C)NC(=O)C(c1cccnc1)N(C(=O)CO)c1ccc(C(C)(C)C)cc1.O=C(O)C(F)(F)F. The Bertz CT molecular complexity index is 1030. The van der Waals surface area contributed by atoms with Crippen LogP contribution in [0.15, 0.2) is 48.8 Å². The Balaban J connectivity index is 0.000000809. The maximum atomic E-state index is 13.2. The highest BCUT2D eigenvalue weighted by molar-refractivity contribution is 6.01. The fourth-order valence-corrected chi connectivity index (χ4v) is 3.03. The van der Waals surface area contributed by atoms with Crippen LogP contribution in [0.1, 0.15) is 58.7 Å². The van der Waals surface area contributed by atoms with E-state index in [0.717, 1.165) is 5.56 Å². The number of halogens is 3. The van der Waals surface area contributed by atoms with Gasteiger partial charge in [0.05, 0.1) is 0 Å². The molecule has 2 amide bonds. The van der Waals surface area contributed by atoms with Gasteiger partial charge in [0.2, 0.25) is 5.91 Å². The number of carbonyl (C=O) groups is 3. The van der Waals surface area contributed by atoms with Gasteiger partial charge in [0, 0.05) is 29.2 Å². The summed E-state index contributed by atoms with van der Waals surface area (Å²) in [5.74, 6) is -3.66. The van der Waals surface area contributed by atoms with E-state index in [0.29, 0.717) is 11.3 Å². The van der Waals surface area contributed by atoms with E-state index >= 15 is 0 Å². The first kappa shape index (κ1) is 30.6. The number of rotatable bonds is 5. The van der Waals surface area contributed by atoms with Gasteiger partial charge in [0.25, 0.3) is 5.91 Å². The number of anilines is 1. The van der Waals surface area contributed by atoms with Crippen molar-refractivity contribution in [1.82, 2.24) is 10.3 Å². The molecule has 1 atom stereocenters. The fourth-order valence-electron chi connectivity index (χ4n) is 3.03. The van der Waals surface area contributed by atoms with Crippen molar-refractivity contribution >= 4 is 23.5 Å². The van der Waals surface area contributed by atoms with E-state index < -0.39 is 36.2 Å². The van der Waals surface area contributed by atoms with E-state index in [4.69, 9.17) is 9.90 Å². The molecule has 2 rings (SSSR count). The number of alkyl halides is 3. The predicted octanol–water partition coefficient (Wildman–Crippen LogP) is 3.99. The highest BCUT2D eigenvalue weighted by Crippen LogP contribution is 2.31. The van der Waals surface area contributed by atoms with E-state index in [1.807, 2.05) is 45.0 Å². The van der Waals surface area contributed by atoms with Gasteiger partial charge in [-0.05, 0) is 49.9 Å². The van der Waals surface area contributed by atoms with Gasteiger partial charge in [-0.2, -0.15) is 13.2 Å². The Labute approximate surface area is 208 Å². The van der Waals surface area contributed by atoms with E-state index in [1.165, 1.54) is 4.90 Å². The number of aliphatic hydroxyl groups is 1. The zero-order valence-electron chi connectivity index (χ0n) is 21.1. The molecule has 11 heteroatoms. The number of carbonyl (C=O) groups excluding carboxylic acids is 2. The van der Waals surface area contributed by atoms with Crippen LogP contribution in [0.4, 0.5) is 18.9 Å². The summed E-state index contributed by atoms with van der Waals surface area (Å²) in [7, 11) is 0. The van der Waals surface area contributed by atoms with Crippen molar-refractivity contribution in [2.75, 3.05) is 11.5 Å². The van der Waals surface area contributed by atoms with Gasteiger partial charge in [-0.15, -0.1) is 0 Å². The summed E-state index contributed by atoms with van der Waals surface area (Å²) in [4.78, 5) is 40.3. The molecule has 1 heterocycles. The van der Waals surface area contributed by atoms with Crippen LogP contribution in [0, 0.1) is 0 Å². The monoisotopic (exact) mass is 511 g/mol. The lowest BCUT2D eigenvalue weighted by atomic mass is 9.87. The van der Waals surface area contributed by atoms with Crippen molar-refractivity contribution in [3.63, 3.8) is 0 Å². The molecule has 1 unspecified atom stereocenters. The molecule has 3 N–H and O–H groups in total. The number of benzene rings is 1. The second-order valence-corrected chi connectivity index (χ2v) is 9.95. The second-order valence-electron chi connectivity index (χ2n) is 9.95. The Morgan fingerprint density at radius 2 is 1.53 bits per heavy atom. The molecule has 198 valence electrons. The molecule has 0 saturated heterocycles. The average Bonchev–Trinajstić information content (AvgIpc) is 2.75. The molecular formula is C25H32F3N3O5. The third-order valence-electron chi connectivity index (χ3n) is 4.66. The first-order valence-electron chi connectivity index (χ1n) is 10.9. The van der Waals surface area contributed by atoms with Gasteiger partial charge < -0.3 is 15.5 Å². The summed E-state index contributed by atoms with van der Waals surface area (Å²) in [5, 5.41) is 19.7. The van der Waals surface area contributed by atoms with Crippen molar-refractivity contribution in [2.24, 2.45) is 0 Å². The number of nitrogens with zero attached hydrogens (tertiary/aromatic N) is 2. The molecule has 0 aliphatic rings. The van der Waals surface area contributed by atoms with Gasteiger partial charge in [-0.3, -0.25) is 19.5 Å². The molecule has 0 radical (unpaired) electrons. The van der Waals surface area contributed by atoms with Crippen molar-refractivity contribution in [3.05, 3.63) is 59.9 Å². The molecule has 36 heavy (non-hydrogen) atoms. The molecular weight excluding hydrogens is 479 g/mol. The average molecular weight is 512 g/mol. The normalized spacial score (nSPS) is 12.6. The van der Waals surface area contributed by atoms with E-state index in [1.54, 1.807) is 24.5 Å². The van der Waals surface area contributed by atoms with Crippen LogP contribution >= 0.6 is 0 Å². The van der Waals surface area contributed by atoms with Crippen LogP contribution in [0.25, 0.3) is 0 Å². The van der Waals surface area contributed by atoms with E-state index in [2.05, 4.69) is 31.1 Å². The lowest BCUT2D eigenvalue weighted by Gasteiger charge is -2.33. The number of amides is 2. The zero-order valence-corrected chi connectivity index (χ0v) is 21.1. The Morgan fingerprint density at radius 3 is 1.89 bits per heavy atom. The third-order valence-corrected chi connectivity index (χ3v) is 4.66. The summed E-state index contributed by atoms with van der Waals surface area (Å²) in [6.07, 6.45) is -1.91. The number of nitrogens with one attached hydrogen (secondary N) is 1. The number of aliphatic hydroxyl groups excluding tert-OH is 1. The summed E-state index contributed by atoms with van der Waals surface area (Å²) in [6, 6.07) is 10.0. The molecule has 0 aliphatic heterocycles. The van der Waals surface area contributed by atoms with Crippen LogP contribution in [0.2, 0.25) is 0 Å². The molecule has 0 saturated carbocycles. The van der Waals surface area contributed by atoms with Crippen LogP contribution in [-0.2, 0) is 19.8 Å². The summed E-state index contributed by atoms with van der Waals surface area (Å²) in [5.41, 5.74) is 1.68. The number of aliphatic carboxylic acids is 1. The molecule has 0 aliphatic carbocycles. The Kier molecular flexibility index (Phi) is 10.2. The number of pyridine rings is 1. The van der Waals surface area contributed by atoms with Crippen LogP contribution in [0.5, 0.6) is 0 Å². The number of aromatic nitrogens is 1. The largest absolute Gasteiger partial charge is 0.490 e. The van der Waals surface area contributed by atoms with Gasteiger partial charge in [-0.1, -0.05) is 39.0 Å². The van der Waals surface area contributed by atoms with Crippen molar-refractivity contribution < 1.29 is 37.8 Å². The number of hydrogen-bond donors (Lipinski definition) is 3. The first-order chi connectivity index (χ1) is 16.4. The lowest BCUT2D eigenvalue weighted by Crippen LogP contribution is -2.50. The van der Waals surface area contributed by atoms with Crippen molar-refractivity contribution in [3.8, 4) is 0 Å². The van der Waals surface area contributed by atoms with Crippen LogP contribution in [-0.4, -0.2) is 51.3 Å². The maximum Gasteiger partial charge on any atom is 0.490 e. The zero-order chi connectivity index (χ0) is 27.9. The first-order valence-corrected chi connectivity index (χ1v) is 10.9. The molecule has 0 bridgehead atoms. The maximum absolute atomic E-state index is 13.2. The second kappa shape index (κ2) is 12.0. The Hall–Kier alpha value is -3.47. The van der Waals surface area contributed by atoms with E-state index in [9.17, 15) is 27.9 Å². The van der Waals surface area contributed by atoms with Gasteiger partial charge >= 0.3 is 12.1 Å². The molecule has 1 aromatic heterocycles. The quantitative estimate of drug-likeness (QED) is 0.558. The van der Waals surface area contributed by atoms with E-state index in [-0.39, 0.29) is 11.3 Å². The molecule has 0 fully saturated rings. The number of carboxylic acids is 1. The minimum Gasteiger partial charge on any atom is -0.475 e. The van der Waals surface area contributed by atoms with Gasteiger partial charge in [-0.25, -0.2) is 4.79 Å². The topological polar surface area (TPSA) is 120 Å². The smallest absolute Gasteiger partial charge is 0.475 e. The van der Waals surface area contributed by atoms with Crippen molar-refractivity contribution in [1.29, 1.82) is 0 Å². The fraction of sp³-hybridized carbons (Fsp3) is 0.440. The Morgan fingerprint density at radius 1 is 1.00 bits per heavy atom. The number of carboxylic acid groups (broad SMARTS) is 1. The standard InChI is InChI=1S/C23H31N3O3.C2HF3O2/c1-22(2,3)17-9-11-18(12-10-17)26(19(28)15-27)20(16-8-7-13-24-14-16)21(29)25-23(4,5)6;3-2(4,5)1(6)7/h7-14,20,27H,15H2,1-6H3,(H,25,29);(H,6,7). The lowest BCUT2D eigenvalue weighted by molar-refractivity contribution is -0.192. The summed E-state index contributed by atoms with van der Waals surface area (Å²) in [6.45, 7) is 11.2. The van der Waals surface area contributed by atoms with Crippen LogP contribution in [0.3, 0.4) is 0 Å². The molecule has 2 aromatic rings.